The van der Waals surface area contributed by atoms with Gasteiger partial charge in [-0.1, -0.05) is 45.0 Å². The summed E-state index contributed by atoms with van der Waals surface area (Å²) in [5, 5.41) is 11.3. The molecule has 0 bridgehead atoms. The molecule has 0 spiro atoms. The Kier molecular flexibility index (Phi) is 8.45. The molecule has 36 heavy (non-hydrogen) atoms. The number of hydrogen-bond acceptors (Lipinski definition) is 4. The molecule has 0 aliphatic heterocycles. The van der Waals surface area contributed by atoms with Gasteiger partial charge in [-0.15, -0.1) is 11.3 Å². The van der Waals surface area contributed by atoms with Crippen LogP contribution in [0, 0.1) is 5.41 Å². The van der Waals surface area contributed by atoms with Gasteiger partial charge in [-0.3, -0.25) is 9.59 Å². The number of aliphatic carboxylic acids is 1. The molecular formula is C27H28F3NO4S. The standard InChI is InChI=1S/C27H28F3NO4S/c1-26(2,3)16-21(22-12-13-23(36-22)25(34)31-15-14-24(32)33)35-20-10-6-18(7-11-20)17-4-8-19(9-5-17)27(28,29)30/h4-13,21H,14-16H2,1-3H3,(H,31,34)(H,32,33)/t21-/m1/s1. The van der Waals surface area contributed by atoms with Crippen LogP contribution in [0.15, 0.2) is 60.7 Å². The molecule has 0 aliphatic carbocycles. The van der Waals surface area contributed by atoms with Gasteiger partial charge in [-0.25, -0.2) is 0 Å². The molecule has 2 aromatic carbocycles. The lowest BCUT2D eigenvalue weighted by Gasteiger charge is -2.26. The molecule has 0 aliphatic rings. The molecule has 0 radical (unpaired) electrons. The number of alkyl halides is 3. The van der Waals surface area contributed by atoms with E-state index in [1.54, 1.807) is 30.3 Å². The smallest absolute Gasteiger partial charge is 0.416 e. The van der Waals surface area contributed by atoms with Crippen molar-refractivity contribution in [2.75, 3.05) is 6.54 Å². The molecule has 0 fully saturated rings. The van der Waals surface area contributed by atoms with Crippen molar-refractivity contribution in [3.05, 3.63) is 76.0 Å². The number of halogens is 3. The summed E-state index contributed by atoms with van der Waals surface area (Å²) in [6.07, 6.45) is -4.18. The van der Waals surface area contributed by atoms with Gasteiger partial charge in [0.25, 0.3) is 5.91 Å². The first-order valence-corrected chi connectivity index (χ1v) is 12.2. The number of carbonyl (C=O) groups excluding carboxylic acids is 1. The minimum Gasteiger partial charge on any atom is -0.485 e. The van der Waals surface area contributed by atoms with Crippen LogP contribution in [0.5, 0.6) is 5.75 Å². The summed E-state index contributed by atoms with van der Waals surface area (Å²) in [5.74, 6) is -0.714. The van der Waals surface area contributed by atoms with E-state index in [9.17, 15) is 22.8 Å². The maximum absolute atomic E-state index is 12.8. The van der Waals surface area contributed by atoms with Crippen molar-refractivity contribution in [2.45, 2.75) is 45.9 Å². The lowest BCUT2D eigenvalue weighted by molar-refractivity contribution is -0.138. The second-order valence-electron chi connectivity index (χ2n) is 9.57. The highest BCUT2D eigenvalue weighted by Gasteiger charge is 2.30. The first-order chi connectivity index (χ1) is 16.8. The third-order valence-electron chi connectivity index (χ3n) is 5.27. The SMILES string of the molecule is CC(C)(C)C[C@@H](Oc1ccc(-c2ccc(C(F)(F)F)cc2)cc1)c1ccc(C(=O)NCCC(=O)O)s1. The largest absolute Gasteiger partial charge is 0.485 e. The number of rotatable bonds is 9. The fourth-order valence-electron chi connectivity index (χ4n) is 3.52. The minimum absolute atomic E-state index is 0.0502. The lowest BCUT2D eigenvalue weighted by atomic mass is 9.88. The van der Waals surface area contributed by atoms with Gasteiger partial charge >= 0.3 is 12.1 Å². The van der Waals surface area contributed by atoms with Crippen LogP contribution in [0.3, 0.4) is 0 Å². The summed E-state index contributed by atoms with van der Waals surface area (Å²) < 4.78 is 44.8. The molecule has 1 heterocycles. The van der Waals surface area contributed by atoms with Gasteiger partial charge in [0.2, 0.25) is 0 Å². The van der Waals surface area contributed by atoms with Crippen LogP contribution in [0.25, 0.3) is 11.1 Å². The van der Waals surface area contributed by atoms with Gasteiger partial charge in [0, 0.05) is 11.4 Å². The number of amides is 1. The van der Waals surface area contributed by atoms with Crippen molar-refractivity contribution in [3.8, 4) is 16.9 Å². The third-order valence-corrected chi connectivity index (χ3v) is 6.44. The number of nitrogens with one attached hydrogen (secondary N) is 1. The quantitative estimate of drug-likeness (QED) is 0.314. The van der Waals surface area contributed by atoms with E-state index in [1.807, 2.05) is 6.07 Å². The van der Waals surface area contributed by atoms with Crippen LogP contribution in [0.2, 0.25) is 0 Å². The highest BCUT2D eigenvalue weighted by molar-refractivity contribution is 7.14. The Labute approximate surface area is 211 Å². The molecule has 0 saturated heterocycles. The predicted molar refractivity (Wildman–Crippen MR) is 133 cm³/mol. The van der Waals surface area contributed by atoms with E-state index in [0.29, 0.717) is 22.6 Å². The van der Waals surface area contributed by atoms with E-state index in [4.69, 9.17) is 9.84 Å². The summed E-state index contributed by atoms with van der Waals surface area (Å²) in [5.41, 5.74) is 0.665. The Morgan fingerprint density at radius 2 is 1.53 bits per heavy atom. The number of carboxylic acids is 1. The fraction of sp³-hybridized carbons (Fsp3) is 0.333. The van der Waals surface area contributed by atoms with Gasteiger partial charge in [0.15, 0.2) is 0 Å². The van der Waals surface area contributed by atoms with Crippen molar-refractivity contribution < 1.29 is 32.6 Å². The van der Waals surface area contributed by atoms with E-state index in [1.165, 1.54) is 23.5 Å². The summed E-state index contributed by atoms with van der Waals surface area (Å²) in [6.45, 7) is 6.31. The normalized spacial score (nSPS) is 12.7. The molecule has 1 atom stereocenters. The highest BCUT2D eigenvalue weighted by atomic mass is 32.1. The first-order valence-electron chi connectivity index (χ1n) is 11.4. The van der Waals surface area contributed by atoms with Crippen LogP contribution >= 0.6 is 11.3 Å². The average Bonchev–Trinajstić information content (AvgIpc) is 3.28. The Morgan fingerprint density at radius 1 is 0.944 bits per heavy atom. The van der Waals surface area contributed by atoms with Crippen LogP contribution < -0.4 is 10.1 Å². The van der Waals surface area contributed by atoms with E-state index < -0.39 is 17.7 Å². The lowest BCUT2D eigenvalue weighted by Crippen LogP contribution is -2.25. The fourth-order valence-corrected chi connectivity index (χ4v) is 4.47. The molecule has 5 nitrogen and oxygen atoms in total. The predicted octanol–water partition coefficient (Wildman–Crippen LogP) is 7.19. The molecular weight excluding hydrogens is 491 g/mol. The molecule has 1 aromatic heterocycles. The van der Waals surface area contributed by atoms with E-state index in [2.05, 4.69) is 26.1 Å². The molecule has 0 unspecified atom stereocenters. The Hall–Kier alpha value is -3.33. The number of carboxylic acid groups (broad SMARTS) is 1. The molecule has 1 amide bonds. The summed E-state index contributed by atoms with van der Waals surface area (Å²) >= 11 is 1.29. The Balaban J connectivity index is 1.74. The van der Waals surface area contributed by atoms with Gasteiger partial charge in [-0.05, 0) is 59.4 Å². The van der Waals surface area contributed by atoms with Gasteiger partial charge in [-0.2, -0.15) is 13.2 Å². The second kappa shape index (κ2) is 11.2. The van der Waals surface area contributed by atoms with E-state index in [0.717, 1.165) is 22.6 Å². The molecule has 3 rings (SSSR count). The zero-order valence-corrected chi connectivity index (χ0v) is 21.0. The summed E-state index contributed by atoms with van der Waals surface area (Å²) in [6, 6.07) is 15.7. The van der Waals surface area contributed by atoms with Crippen molar-refractivity contribution in [2.24, 2.45) is 5.41 Å². The number of ether oxygens (including phenoxy) is 1. The van der Waals surface area contributed by atoms with Crippen molar-refractivity contribution >= 4 is 23.2 Å². The monoisotopic (exact) mass is 519 g/mol. The van der Waals surface area contributed by atoms with Crippen LogP contribution in [0.1, 0.15) is 59.8 Å². The Morgan fingerprint density at radius 3 is 2.06 bits per heavy atom. The van der Waals surface area contributed by atoms with Crippen molar-refractivity contribution in [1.29, 1.82) is 0 Å². The number of thiophene rings is 1. The Bertz CT molecular complexity index is 1180. The third kappa shape index (κ3) is 7.84. The molecule has 2 N–H and O–H groups in total. The van der Waals surface area contributed by atoms with Crippen molar-refractivity contribution in [3.63, 3.8) is 0 Å². The van der Waals surface area contributed by atoms with E-state index >= 15 is 0 Å². The summed E-state index contributed by atoms with van der Waals surface area (Å²) in [7, 11) is 0. The molecule has 0 saturated carbocycles. The number of carbonyl (C=O) groups is 2. The van der Waals surface area contributed by atoms with Crippen LogP contribution in [0.4, 0.5) is 13.2 Å². The minimum atomic E-state index is -4.38. The van der Waals surface area contributed by atoms with E-state index in [-0.39, 0.29) is 30.4 Å². The summed E-state index contributed by atoms with van der Waals surface area (Å²) in [4.78, 5) is 24.3. The topological polar surface area (TPSA) is 75.6 Å². The number of benzene rings is 2. The maximum Gasteiger partial charge on any atom is 0.416 e. The number of hydrogen-bond donors (Lipinski definition) is 2. The zero-order chi connectivity index (χ0) is 26.5. The highest BCUT2D eigenvalue weighted by Crippen LogP contribution is 2.37. The molecule has 3 aromatic rings. The van der Waals surface area contributed by atoms with Crippen LogP contribution in [-0.2, 0) is 11.0 Å². The van der Waals surface area contributed by atoms with Gasteiger partial charge in [0.1, 0.15) is 11.9 Å². The molecule has 9 heteroatoms. The zero-order valence-electron chi connectivity index (χ0n) is 20.2. The van der Waals surface area contributed by atoms with Gasteiger partial charge < -0.3 is 15.2 Å². The average molecular weight is 520 g/mol. The van der Waals surface area contributed by atoms with Crippen molar-refractivity contribution in [1.82, 2.24) is 5.32 Å². The maximum atomic E-state index is 12.8. The second-order valence-corrected chi connectivity index (χ2v) is 10.7. The molecule has 192 valence electrons. The first kappa shape index (κ1) is 27.3. The van der Waals surface area contributed by atoms with Crippen LogP contribution in [-0.4, -0.2) is 23.5 Å². The van der Waals surface area contributed by atoms with Gasteiger partial charge in [0.05, 0.1) is 16.9 Å².